The van der Waals surface area contributed by atoms with Crippen LogP contribution in [0.15, 0.2) is 58.8 Å². The lowest BCUT2D eigenvalue weighted by Gasteiger charge is -2.22. The number of benzene rings is 1. The lowest BCUT2D eigenvalue weighted by atomic mass is 10.1. The predicted octanol–water partition coefficient (Wildman–Crippen LogP) is 4.73. The molecule has 2 aromatic rings. The maximum Gasteiger partial charge on any atom is 0.245 e. The van der Waals surface area contributed by atoms with E-state index in [1.54, 1.807) is 6.21 Å². The number of aliphatic imine (C=N–C) groups is 1. The van der Waals surface area contributed by atoms with E-state index < -0.39 is 0 Å². The number of allylic oxidation sites excluding steroid dienone is 2. The van der Waals surface area contributed by atoms with Crippen molar-refractivity contribution in [3.8, 4) is 0 Å². The Hall–Kier alpha value is -3.52. The van der Waals surface area contributed by atoms with Gasteiger partial charge in [0, 0.05) is 25.1 Å². The van der Waals surface area contributed by atoms with Crippen LogP contribution in [-0.4, -0.2) is 44.7 Å². The van der Waals surface area contributed by atoms with Crippen molar-refractivity contribution >= 4 is 23.8 Å². The third-order valence-electron chi connectivity index (χ3n) is 5.39. The highest BCUT2D eigenvalue weighted by molar-refractivity contribution is 5.87. The predicted molar refractivity (Wildman–Crippen MR) is 142 cm³/mol. The smallest absolute Gasteiger partial charge is 0.245 e. The first-order chi connectivity index (χ1) is 16.5. The van der Waals surface area contributed by atoms with Crippen molar-refractivity contribution in [1.29, 1.82) is 0 Å². The van der Waals surface area contributed by atoms with Crippen LogP contribution in [0, 0.1) is 12.8 Å². The monoisotopic (exact) mass is 463 g/mol. The van der Waals surface area contributed by atoms with Crippen LogP contribution in [-0.2, 0) is 13.1 Å². The normalized spacial score (nSPS) is 17.5. The van der Waals surface area contributed by atoms with E-state index in [1.807, 2.05) is 64.2 Å². The molecule has 1 unspecified atom stereocenters. The molecule has 3 heterocycles. The number of aliphatic hydroxyl groups excluding tert-OH is 1. The zero-order chi connectivity index (χ0) is 24.5. The summed E-state index contributed by atoms with van der Waals surface area (Å²) in [6.45, 7) is 11.4. The van der Waals surface area contributed by atoms with Gasteiger partial charge in [0.15, 0.2) is 0 Å². The minimum atomic E-state index is -0.133. The Balaban J connectivity index is 0.00000140. The summed E-state index contributed by atoms with van der Waals surface area (Å²) < 4.78 is 0. The number of hydrogen-bond acceptors (Lipinski definition) is 8. The minimum Gasteiger partial charge on any atom is -0.394 e. The molecular weight excluding hydrogens is 426 g/mol. The SMILES string of the molecule is CC.Cc1cccc(/C=N/Nc2nc3c(c(N[C@@H](C)CO)n2)CN(C2=NC=CC=CC2C)C3)c1.[HH]. The summed E-state index contributed by atoms with van der Waals surface area (Å²) in [5.74, 6) is 2.33. The zero-order valence-electron chi connectivity index (χ0n) is 20.7. The van der Waals surface area contributed by atoms with E-state index in [1.165, 1.54) is 5.56 Å². The molecule has 1 aromatic carbocycles. The molecule has 0 saturated heterocycles. The summed E-state index contributed by atoms with van der Waals surface area (Å²) >= 11 is 0. The second-order valence-electron chi connectivity index (χ2n) is 8.19. The molecule has 8 heteroatoms. The first-order valence-electron chi connectivity index (χ1n) is 11.8. The summed E-state index contributed by atoms with van der Waals surface area (Å²) in [7, 11) is 0. The second kappa shape index (κ2) is 12.1. The van der Waals surface area contributed by atoms with Crippen LogP contribution >= 0.6 is 0 Å². The van der Waals surface area contributed by atoms with Gasteiger partial charge in [0.2, 0.25) is 5.95 Å². The topological polar surface area (TPSA) is 98.0 Å². The summed E-state index contributed by atoms with van der Waals surface area (Å²) in [4.78, 5) is 16.2. The molecular formula is C26H37N7O. The van der Waals surface area contributed by atoms with Gasteiger partial charge in [0.1, 0.15) is 11.7 Å². The van der Waals surface area contributed by atoms with Gasteiger partial charge in [-0.2, -0.15) is 10.1 Å². The fraction of sp³-hybridized carbons (Fsp3) is 0.385. The van der Waals surface area contributed by atoms with Crippen LogP contribution in [0.3, 0.4) is 0 Å². The number of fused-ring (bicyclic) bond motifs is 1. The Kier molecular flexibility index (Phi) is 8.93. The zero-order valence-corrected chi connectivity index (χ0v) is 20.7. The number of nitrogens with one attached hydrogen (secondary N) is 2. The molecule has 1 aromatic heterocycles. The van der Waals surface area contributed by atoms with E-state index >= 15 is 0 Å². The fourth-order valence-electron chi connectivity index (χ4n) is 3.75. The van der Waals surface area contributed by atoms with Gasteiger partial charge < -0.3 is 15.3 Å². The highest BCUT2D eigenvalue weighted by Gasteiger charge is 2.29. The number of rotatable bonds is 6. The molecule has 2 atom stereocenters. The third kappa shape index (κ3) is 6.29. The number of nitrogens with zero attached hydrogens (tertiary/aromatic N) is 5. The number of aryl methyl sites for hydroxylation is 1. The second-order valence-corrected chi connectivity index (χ2v) is 8.19. The van der Waals surface area contributed by atoms with Gasteiger partial charge in [-0.1, -0.05) is 62.8 Å². The largest absolute Gasteiger partial charge is 0.394 e. The van der Waals surface area contributed by atoms with Crippen LogP contribution in [0.2, 0.25) is 0 Å². The number of aromatic nitrogens is 2. The Morgan fingerprint density at radius 3 is 2.85 bits per heavy atom. The molecule has 0 spiro atoms. The van der Waals surface area contributed by atoms with Crippen molar-refractivity contribution in [2.75, 3.05) is 17.3 Å². The highest BCUT2D eigenvalue weighted by atomic mass is 16.3. The van der Waals surface area contributed by atoms with Gasteiger partial charge in [-0.25, -0.2) is 15.4 Å². The summed E-state index contributed by atoms with van der Waals surface area (Å²) in [6.07, 6.45) is 9.67. The van der Waals surface area contributed by atoms with Crippen LogP contribution in [0.1, 0.15) is 51.5 Å². The molecule has 182 valence electrons. The molecule has 4 rings (SSSR count). The average molecular weight is 464 g/mol. The highest BCUT2D eigenvalue weighted by Crippen LogP contribution is 2.30. The Morgan fingerprint density at radius 2 is 2.09 bits per heavy atom. The molecule has 0 aliphatic carbocycles. The van der Waals surface area contributed by atoms with Gasteiger partial charge in [0.25, 0.3) is 0 Å². The van der Waals surface area contributed by atoms with Gasteiger partial charge in [-0.3, -0.25) is 0 Å². The number of hydrogen-bond donors (Lipinski definition) is 3. The molecule has 0 radical (unpaired) electrons. The maximum absolute atomic E-state index is 9.54. The molecule has 0 saturated carbocycles. The average Bonchev–Trinajstić information content (AvgIpc) is 3.14. The summed E-state index contributed by atoms with van der Waals surface area (Å²) in [5.41, 5.74) is 7.08. The molecule has 34 heavy (non-hydrogen) atoms. The van der Waals surface area contributed by atoms with Crippen molar-refractivity contribution in [2.45, 2.75) is 53.8 Å². The van der Waals surface area contributed by atoms with Gasteiger partial charge in [-0.15, -0.1) is 0 Å². The van der Waals surface area contributed by atoms with Crippen molar-refractivity contribution < 1.29 is 6.53 Å². The molecule has 2 aliphatic rings. The molecule has 3 N–H and O–H groups in total. The Labute approximate surface area is 203 Å². The van der Waals surface area contributed by atoms with E-state index in [-0.39, 0.29) is 20.0 Å². The minimum absolute atomic E-state index is 0. The van der Waals surface area contributed by atoms with E-state index in [9.17, 15) is 5.11 Å². The Morgan fingerprint density at radius 1 is 1.26 bits per heavy atom. The molecule has 8 nitrogen and oxygen atoms in total. The molecule has 0 fully saturated rings. The van der Waals surface area contributed by atoms with Crippen LogP contribution in [0.25, 0.3) is 0 Å². The van der Waals surface area contributed by atoms with Gasteiger partial charge in [0.05, 0.1) is 31.6 Å². The lowest BCUT2D eigenvalue weighted by molar-refractivity contribution is 0.281. The maximum atomic E-state index is 9.54. The van der Waals surface area contributed by atoms with Crippen LogP contribution in [0.4, 0.5) is 11.8 Å². The Bertz CT molecular complexity index is 1100. The fourth-order valence-corrected chi connectivity index (χ4v) is 3.75. The number of aliphatic hydroxyl groups is 1. The third-order valence-corrected chi connectivity index (χ3v) is 5.39. The quantitative estimate of drug-likeness (QED) is 0.423. The standard InChI is InChI=1S/C24H29N7O.C2H6.H2/c1-16-7-6-9-19(11-16)12-26-30-24-28-21-14-31(23-17(2)8-4-5-10-25-23)13-20(21)22(29-24)27-18(3)15-32;1-2;/h4-12,17-18,32H,13-15H2,1-3H3,(H2,27,28,29,30);1-2H3;1H/b26-12+;;/t17?,18-;;/m0../s1. The van der Waals surface area contributed by atoms with Crippen LogP contribution < -0.4 is 10.7 Å². The molecule has 0 amide bonds. The van der Waals surface area contributed by atoms with Crippen LogP contribution in [0.5, 0.6) is 0 Å². The van der Waals surface area contributed by atoms with Crippen molar-refractivity contribution in [3.63, 3.8) is 0 Å². The lowest BCUT2D eigenvalue weighted by Crippen LogP contribution is -2.30. The van der Waals surface area contributed by atoms with E-state index in [0.29, 0.717) is 24.9 Å². The summed E-state index contributed by atoms with van der Waals surface area (Å²) in [5, 5.41) is 17.2. The molecule has 2 aliphatic heterocycles. The number of hydrazone groups is 1. The van der Waals surface area contributed by atoms with Crippen molar-refractivity contribution in [3.05, 3.63) is 71.1 Å². The van der Waals surface area contributed by atoms with E-state index in [0.717, 1.165) is 22.7 Å². The first-order valence-corrected chi connectivity index (χ1v) is 11.8. The van der Waals surface area contributed by atoms with Crippen molar-refractivity contribution in [1.82, 2.24) is 14.9 Å². The molecule has 0 bridgehead atoms. The van der Waals surface area contributed by atoms with Gasteiger partial charge >= 0.3 is 0 Å². The number of amidine groups is 1. The first kappa shape index (κ1) is 25.1. The van der Waals surface area contributed by atoms with E-state index in [2.05, 4.69) is 49.8 Å². The van der Waals surface area contributed by atoms with Gasteiger partial charge in [-0.05, 0) is 25.5 Å². The summed E-state index contributed by atoms with van der Waals surface area (Å²) in [6, 6.07) is 7.96. The van der Waals surface area contributed by atoms with E-state index in [4.69, 9.17) is 4.98 Å². The van der Waals surface area contributed by atoms with Crippen molar-refractivity contribution in [2.24, 2.45) is 16.0 Å². The number of anilines is 2.